The molecule has 2 aromatic rings. The van der Waals surface area contributed by atoms with Crippen molar-refractivity contribution < 1.29 is 14.3 Å². The molecule has 122 valence electrons. The fraction of sp³-hybridized carbons (Fsp3) is 0.278. The van der Waals surface area contributed by atoms with Gasteiger partial charge in [0.2, 0.25) is 0 Å². The maximum Gasteiger partial charge on any atom is 0.255 e. The van der Waals surface area contributed by atoms with Crippen LogP contribution in [0.25, 0.3) is 0 Å². The van der Waals surface area contributed by atoms with Crippen molar-refractivity contribution in [1.29, 1.82) is 0 Å². The highest BCUT2D eigenvalue weighted by atomic mass is 35.5. The summed E-state index contributed by atoms with van der Waals surface area (Å²) in [4.78, 5) is 12.5. The molecule has 5 heteroatoms. The molecule has 0 saturated heterocycles. The van der Waals surface area contributed by atoms with Gasteiger partial charge < -0.3 is 14.8 Å². The quantitative estimate of drug-likeness (QED) is 0.842. The number of para-hydroxylation sites is 1. The first kappa shape index (κ1) is 17.2. The summed E-state index contributed by atoms with van der Waals surface area (Å²) >= 11 is 6.21. The third-order valence-electron chi connectivity index (χ3n) is 3.43. The molecule has 4 nitrogen and oxygen atoms in total. The molecule has 0 aliphatic rings. The summed E-state index contributed by atoms with van der Waals surface area (Å²) in [5.74, 6) is 0.643. The Kier molecular flexibility index (Phi) is 5.88. The number of aryl methyl sites for hydroxylation is 1. The number of nitrogens with one attached hydrogen (secondary N) is 1. The summed E-state index contributed by atoms with van der Waals surface area (Å²) in [6.45, 7) is 4.37. The number of hydrogen-bond donors (Lipinski definition) is 1. The Bertz CT molecular complexity index is 701. The predicted molar refractivity (Wildman–Crippen MR) is 92.9 cm³/mol. The van der Waals surface area contributed by atoms with Crippen LogP contribution in [0.4, 0.5) is 5.69 Å². The smallest absolute Gasteiger partial charge is 0.255 e. The Morgan fingerprint density at radius 2 is 1.96 bits per heavy atom. The molecule has 0 fully saturated rings. The van der Waals surface area contributed by atoms with Crippen molar-refractivity contribution in [3.05, 3.63) is 52.5 Å². The van der Waals surface area contributed by atoms with Crippen LogP contribution >= 0.6 is 11.6 Å². The Labute approximate surface area is 141 Å². The van der Waals surface area contributed by atoms with Gasteiger partial charge in [-0.25, -0.2) is 0 Å². The first-order chi connectivity index (χ1) is 11.1. The van der Waals surface area contributed by atoms with Gasteiger partial charge in [-0.15, -0.1) is 0 Å². The van der Waals surface area contributed by atoms with Crippen molar-refractivity contribution in [2.45, 2.75) is 20.3 Å². The molecule has 0 bridgehead atoms. The Hall–Kier alpha value is -2.20. The van der Waals surface area contributed by atoms with Crippen LogP contribution in [0.5, 0.6) is 11.5 Å². The lowest BCUT2D eigenvalue weighted by atomic mass is 10.1. The molecule has 0 aromatic heterocycles. The molecule has 0 spiro atoms. The number of hydrogen-bond acceptors (Lipinski definition) is 3. The van der Waals surface area contributed by atoms with E-state index < -0.39 is 0 Å². The van der Waals surface area contributed by atoms with Crippen molar-refractivity contribution in [2.75, 3.05) is 19.0 Å². The zero-order chi connectivity index (χ0) is 16.8. The topological polar surface area (TPSA) is 47.6 Å². The van der Waals surface area contributed by atoms with Gasteiger partial charge >= 0.3 is 0 Å². The molecule has 0 atom stereocenters. The zero-order valence-electron chi connectivity index (χ0n) is 13.5. The van der Waals surface area contributed by atoms with Crippen molar-refractivity contribution in [3.63, 3.8) is 0 Å². The van der Waals surface area contributed by atoms with E-state index >= 15 is 0 Å². The molecular weight excluding hydrogens is 314 g/mol. The maximum atomic E-state index is 12.5. The average Bonchev–Trinajstić information content (AvgIpc) is 2.57. The minimum atomic E-state index is -0.242. The summed E-state index contributed by atoms with van der Waals surface area (Å²) in [6.07, 6.45) is 0.837. The second kappa shape index (κ2) is 7.88. The first-order valence-corrected chi connectivity index (χ1v) is 7.88. The lowest BCUT2D eigenvalue weighted by Gasteiger charge is -2.14. The van der Waals surface area contributed by atoms with Gasteiger partial charge in [0.25, 0.3) is 5.91 Å². The van der Waals surface area contributed by atoms with Crippen LogP contribution in [0, 0.1) is 0 Å². The summed E-state index contributed by atoms with van der Waals surface area (Å²) < 4.78 is 10.7. The summed E-state index contributed by atoms with van der Waals surface area (Å²) in [7, 11) is 1.52. The van der Waals surface area contributed by atoms with E-state index in [1.54, 1.807) is 12.1 Å². The van der Waals surface area contributed by atoms with Gasteiger partial charge in [0, 0.05) is 11.3 Å². The van der Waals surface area contributed by atoms with Crippen molar-refractivity contribution in [2.24, 2.45) is 0 Å². The van der Waals surface area contributed by atoms with Crippen LogP contribution in [0.15, 0.2) is 36.4 Å². The highest BCUT2D eigenvalue weighted by Crippen LogP contribution is 2.36. The number of benzene rings is 2. The number of methoxy groups -OCH3 is 1. The third kappa shape index (κ3) is 3.96. The Morgan fingerprint density at radius 3 is 2.61 bits per heavy atom. The third-order valence-corrected chi connectivity index (χ3v) is 3.71. The number of halogens is 1. The lowest BCUT2D eigenvalue weighted by molar-refractivity contribution is 0.102. The minimum Gasteiger partial charge on any atom is -0.493 e. The van der Waals surface area contributed by atoms with Crippen LogP contribution in [0.3, 0.4) is 0 Å². The fourth-order valence-electron chi connectivity index (χ4n) is 2.28. The second-order valence-corrected chi connectivity index (χ2v) is 5.29. The fourth-order valence-corrected chi connectivity index (χ4v) is 2.55. The molecule has 0 saturated carbocycles. The average molecular weight is 334 g/mol. The molecule has 1 N–H and O–H groups in total. The van der Waals surface area contributed by atoms with Crippen LogP contribution in [0.2, 0.25) is 5.02 Å². The highest BCUT2D eigenvalue weighted by molar-refractivity contribution is 6.32. The van der Waals surface area contributed by atoms with E-state index in [0.29, 0.717) is 28.7 Å². The van der Waals surface area contributed by atoms with Crippen molar-refractivity contribution in [3.8, 4) is 11.5 Å². The molecular formula is C18H20ClNO3. The van der Waals surface area contributed by atoms with Crippen LogP contribution in [-0.2, 0) is 6.42 Å². The normalized spacial score (nSPS) is 10.3. The molecule has 23 heavy (non-hydrogen) atoms. The number of ether oxygens (including phenoxy) is 2. The van der Waals surface area contributed by atoms with E-state index in [0.717, 1.165) is 17.7 Å². The molecule has 1 amide bonds. The van der Waals surface area contributed by atoms with E-state index in [1.807, 2.05) is 38.1 Å². The SMILES string of the molecule is CCOc1c(Cl)cc(C(=O)Nc2ccccc2CC)cc1OC. The van der Waals surface area contributed by atoms with E-state index in [-0.39, 0.29) is 5.91 Å². The van der Waals surface area contributed by atoms with Gasteiger partial charge in [-0.1, -0.05) is 36.7 Å². The number of carbonyl (C=O) groups excluding carboxylic acids is 1. The van der Waals surface area contributed by atoms with Crippen molar-refractivity contribution >= 4 is 23.2 Å². The Morgan fingerprint density at radius 1 is 1.22 bits per heavy atom. The largest absolute Gasteiger partial charge is 0.493 e. The van der Waals surface area contributed by atoms with Gasteiger partial charge in [0.05, 0.1) is 18.7 Å². The second-order valence-electron chi connectivity index (χ2n) is 4.89. The van der Waals surface area contributed by atoms with Gasteiger partial charge in [0.1, 0.15) is 0 Å². The van der Waals surface area contributed by atoms with Gasteiger partial charge in [0.15, 0.2) is 11.5 Å². The molecule has 2 rings (SSSR count). The summed E-state index contributed by atoms with van der Waals surface area (Å²) in [5, 5.41) is 3.26. The molecule has 0 aliphatic heterocycles. The zero-order valence-corrected chi connectivity index (χ0v) is 14.2. The van der Waals surface area contributed by atoms with E-state index in [2.05, 4.69) is 5.32 Å². The minimum absolute atomic E-state index is 0.242. The number of anilines is 1. The van der Waals surface area contributed by atoms with E-state index in [4.69, 9.17) is 21.1 Å². The summed E-state index contributed by atoms with van der Waals surface area (Å²) in [6, 6.07) is 10.9. The van der Waals surface area contributed by atoms with Gasteiger partial charge in [-0.2, -0.15) is 0 Å². The maximum absolute atomic E-state index is 12.5. The predicted octanol–water partition coefficient (Wildman–Crippen LogP) is 4.56. The molecule has 2 aromatic carbocycles. The molecule has 0 unspecified atom stereocenters. The highest BCUT2D eigenvalue weighted by Gasteiger charge is 2.16. The number of rotatable bonds is 6. The molecule has 0 radical (unpaired) electrons. The van der Waals surface area contributed by atoms with Gasteiger partial charge in [-0.3, -0.25) is 4.79 Å². The number of amides is 1. The van der Waals surface area contributed by atoms with E-state index in [1.165, 1.54) is 7.11 Å². The summed E-state index contributed by atoms with van der Waals surface area (Å²) in [5.41, 5.74) is 2.29. The number of carbonyl (C=O) groups is 1. The first-order valence-electron chi connectivity index (χ1n) is 7.50. The Balaban J connectivity index is 2.31. The monoisotopic (exact) mass is 333 g/mol. The van der Waals surface area contributed by atoms with Crippen molar-refractivity contribution in [1.82, 2.24) is 0 Å². The molecule has 0 heterocycles. The van der Waals surface area contributed by atoms with E-state index in [9.17, 15) is 4.79 Å². The standard InChI is InChI=1S/C18H20ClNO3/c1-4-12-8-6-7-9-15(12)20-18(21)13-10-14(19)17(23-5-2)16(11-13)22-3/h6-11H,4-5H2,1-3H3,(H,20,21). The van der Waals surface area contributed by atoms with Gasteiger partial charge in [-0.05, 0) is 37.1 Å². The van der Waals surface area contributed by atoms with Crippen LogP contribution in [-0.4, -0.2) is 19.6 Å². The van der Waals surface area contributed by atoms with Crippen LogP contribution in [0.1, 0.15) is 29.8 Å². The van der Waals surface area contributed by atoms with Crippen LogP contribution < -0.4 is 14.8 Å². The molecule has 0 aliphatic carbocycles. The lowest BCUT2D eigenvalue weighted by Crippen LogP contribution is -2.13.